The van der Waals surface area contributed by atoms with Gasteiger partial charge in [0.1, 0.15) is 5.76 Å². The summed E-state index contributed by atoms with van der Waals surface area (Å²) in [6.45, 7) is 6.40. The Labute approximate surface area is 156 Å². The van der Waals surface area contributed by atoms with Gasteiger partial charge in [0.15, 0.2) is 0 Å². The van der Waals surface area contributed by atoms with Crippen LogP contribution in [0.4, 0.5) is 0 Å². The van der Waals surface area contributed by atoms with Crippen LogP contribution in [-0.2, 0) is 11.3 Å². The highest BCUT2D eigenvalue weighted by Crippen LogP contribution is 2.23. The van der Waals surface area contributed by atoms with Crippen molar-refractivity contribution < 1.29 is 9.90 Å². The number of nitrogens with zero attached hydrogens (tertiary/aromatic N) is 1. The van der Waals surface area contributed by atoms with E-state index in [2.05, 4.69) is 21.2 Å². The van der Waals surface area contributed by atoms with E-state index in [1.54, 1.807) is 11.8 Å². The summed E-state index contributed by atoms with van der Waals surface area (Å²) in [5.74, 6) is 1.89. The summed E-state index contributed by atoms with van der Waals surface area (Å²) < 4.78 is 1.02. The van der Waals surface area contributed by atoms with E-state index >= 15 is 0 Å². The first-order chi connectivity index (χ1) is 11.5. The van der Waals surface area contributed by atoms with Crippen LogP contribution in [0.5, 0.6) is 0 Å². The third kappa shape index (κ3) is 5.26. The number of amides is 1. The molecule has 0 fully saturated rings. The Balaban J connectivity index is 2.25. The van der Waals surface area contributed by atoms with Gasteiger partial charge in [0.05, 0.1) is 5.57 Å². The normalized spacial score (nSPS) is 22.9. The summed E-state index contributed by atoms with van der Waals surface area (Å²) in [6.07, 6.45) is 0. The summed E-state index contributed by atoms with van der Waals surface area (Å²) in [6, 6.07) is 8.01. The minimum absolute atomic E-state index is 0.000219. The number of carbonyl (C=O) groups is 1. The van der Waals surface area contributed by atoms with Gasteiger partial charge >= 0.3 is 0 Å². The summed E-state index contributed by atoms with van der Waals surface area (Å²) in [5.41, 5.74) is 1.59. The van der Waals surface area contributed by atoms with E-state index in [1.807, 2.05) is 43.0 Å². The third-order valence-corrected chi connectivity index (χ3v) is 5.77. The van der Waals surface area contributed by atoms with Crippen molar-refractivity contribution in [3.8, 4) is 0 Å². The second-order valence-corrected chi connectivity index (χ2v) is 8.04. The van der Waals surface area contributed by atoms with Crippen LogP contribution in [0.2, 0.25) is 0 Å². The number of aliphatic hydroxyl groups excluding tert-OH is 1. The topological polar surface area (TPSA) is 52.6 Å². The standard InChI is InChI=1S/C18H25BrN2O2S/c1-3-20-10-16-17(22)13(2)12-24-9-8-21(18(16)23)11-14-4-6-15(19)7-5-14/h4-7,13,20,22H,3,8-12H2,1-2H3/b17-16+. The molecule has 24 heavy (non-hydrogen) atoms. The van der Waals surface area contributed by atoms with E-state index < -0.39 is 0 Å². The van der Waals surface area contributed by atoms with Crippen molar-refractivity contribution in [2.75, 3.05) is 31.1 Å². The number of hydrogen-bond acceptors (Lipinski definition) is 4. The Kier molecular flexibility index (Phi) is 7.65. The molecular formula is C18H25BrN2O2S. The second kappa shape index (κ2) is 9.49. The van der Waals surface area contributed by atoms with Gasteiger partial charge in [-0.3, -0.25) is 4.79 Å². The van der Waals surface area contributed by atoms with E-state index in [-0.39, 0.29) is 17.6 Å². The van der Waals surface area contributed by atoms with Gasteiger partial charge < -0.3 is 15.3 Å². The fraction of sp³-hybridized carbons (Fsp3) is 0.500. The summed E-state index contributed by atoms with van der Waals surface area (Å²) in [7, 11) is 0. The van der Waals surface area contributed by atoms with Crippen LogP contribution in [-0.4, -0.2) is 47.1 Å². The number of hydrogen-bond donors (Lipinski definition) is 2. The van der Waals surface area contributed by atoms with E-state index in [9.17, 15) is 9.90 Å². The molecule has 1 aliphatic heterocycles. The molecule has 132 valence electrons. The van der Waals surface area contributed by atoms with Crippen LogP contribution >= 0.6 is 27.7 Å². The fourth-order valence-electron chi connectivity index (χ4n) is 2.59. The molecule has 1 amide bonds. The Morgan fingerprint density at radius 1 is 1.38 bits per heavy atom. The molecule has 4 nitrogen and oxygen atoms in total. The van der Waals surface area contributed by atoms with Crippen molar-refractivity contribution in [1.29, 1.82) is 0 Å². The van der Waals surface area contributed by atoms with Crippen LogP contribution in [0, 0.1) is 5.92 Å². The number of nitrogens with one attached hydrogen (secondary N) is 1. The first kappa shape index (κ1) is 19.3. The summed E-state index contributed by atoms with van der Waals surface area (Å²) in [5, 5.41) is 13.7. The van der Waals surface area contributed by atoms with Crippen LogP contribution in [0.15, 0.2) is 40.1 Å². The average Bonchev–Trinajstić information content (AvgIpc) is 2.62. The molecule has 1 heterocycles. The summed E-state index contributed by atoms with van der Waals surface area (Å²) >= 11 is 5.22. The smallest absolute Gasteiger partial charge is 0.254 e. The molecule has 1 aliphatic rings. The zero-order chi connectivity index (χ0) is 17.5. The fourth-order valence-corrected chi connectivity index (χ4v) is 3.88. The van der Waals surface area contributed by atoms with Gasteiger partial charge in [-0.2, -0.15) is 11.8 Å². The number of aliphatic hydroxyl groups is 1. The van der Waals surface area contributed by atoms with Crippen LogP contribution in [0.25, 0.3) is 0 Å². The molecule has 0 aromatic heterocycles. The van der Waals surface area contributed by atoms with Gasteiger partial charge in [-0.1, -0.05) is 41.9 Å². The maximum atomic E-state index is 13.0. The monoisotopic (exact) mass is 412 g/mol. The van der Waals surface area contributed by atoms with Crippen molar-refractivity contribution in [2.45, 2.75) is 20.4 Å². The molecular weight excluding hydrogens is 388 g/mol. The predicted octanol–water partition coefficient (Wildman–Crippen LogP) is 3.58. The van der Waals surface area contributed by atoms with Gasteiger partial charge in [-0.25, -0.2) is 0 Å². The number of carbonyl (C=O) groups excluding carboxylic acids is 1. The van der Waals surface area contributed by atoms with Crippen LogP contribution < -0.4 is 5.32 Å². The number of benzene rings is 1. The van der Waals surface area contributed by atoms with Gasteiger partial charge in [-0.05, 0) is 24.2 Å². The molecule has 0 bridgehead atoms. The Hall–Kier alpha value is -0.980. The first-order valence-electron chi connectivity index (χ1n) is 8.27. The quantitative estimate of drug-likeness (QED) is 0.775. The molecule has 0 saturated carbocycles. The highest BCUT2D eigenvalue weighted by Gasteiger charge is 2.25. The Morgan fingerprint density at radius 3 is 2.75 bits per heavy atom. The molecule has 6 heteroatoms. The van der Waals surface area contributed by atoms with Crippen LogP contribution in [0.3, 0.4) is 0 Å². The Morgan fingerprint density at radius 2 is 2.08 bits per heavy atom. The van der Waals surface area contributed by atoms with E-state index in [4.69, 9.17) is 0 Å². The van der Waals surface area contributed by atoms with Crippen molar-refractivity contribution in [1.82, 2.24) is 10.2 Å². The predicted molar refractivity (Wildman–Crippen MR) is 104 cm³/mol. The largest absolute Gasteiger partial charge is 0.511 e. The van der Waals surface area contributed by atoms with Crippen molar-refractivity contribution in [2.24, 2.45) is 5.92 Å². The average molecular weight is 413 g/mol. The highest BCUT2D eigenvalue weighted by atomic mass is 79.9. The van der Waals surface area contributed by atoms with Crippen molar-refractivity contribution >= 4 is 33.6 Å². The van der Waals surface area contributed by atoms with Gasteiger partial charge in [0.2, 0.25) is 0 Å². The van der Waals surface area contributed by atoms with Gasteiger partial charge in [0, 0.05) is 41.5 Å². The molecule has 0 aliphatic carbocycles. The number of halogens is 1. The SMILES string of the molecule is CCNC/C1=C(\O)C(C)CSCCN(Cc2ccc(Br)cc2)C1=O. The second-order valence-electron chi connectivity index (χ2n) is 5.97. The molecule has 2 rings (SSSR count). The third-order valence-electron chi connectivity index (χ3n) is 4.03. The van der Waals surface area contributed by atoms with Crippen LogP contribution in [0.1, 0.15) is 19.4 Å². The molecule has 1 unspecified atom stereocenters. The minimum atomic E-state index is -0.0641. The summed E-state index contributed by atoms with van der Waals surface area (Å²) in [4.78, 5) is 14.9. The van der Waals surface area contributed by atoms with E-state index in [0.29, 0.717) is 25.2 Å². The lowest BCUT2D eigenvalue weighted by Crippen LogP contribution is -2.37. The lowest BCUT2D eigenvalue weighted by Gasteiger charge is -2.24. The van der Waals surface area contributed by atoms with E-state index in [1.165, 1.54) is 0 Å². The Bertz CT molecular complexity index is 589. The number of allylic oxidation sites excluding steroid dienone is 1. The van der Waals surface area contributed by atoms with Gasteiger partial charge in [-0.15, -0.1) is 0 Å². The van der Waals surface area contributed by atoms with Gasteiger partial charge in [0.25, 0.3) is 5.91 Å². The maximum absolute atomic E-state index is 13.0. The number of rotatable bonds is 5. The lowest BCUT2D eigenvalue weighted by atomic mass is 10.0. The zero-order valence-corrected chi connectivity index (χ0v) is 16.6. The molecule has 1 atom stereocenters. The first-order valence-corrected chi connectivity index (χ1v) is 10.2. The molecule has 0 radical (unpaired) electrons. The molecule has 0 saturated heterocycles. The zero-order valence-electron chi connectivity index (χ0n) is 14.2. The molecule has 2 N–H and O–H groups in total. The van der Waals surface area contributed by atoms with E-state index in [0.717, 1.165) is 28.1 Å². The molecule has 1 aromatic carbocycles. The number of thioether (sulfide) groups is 1. The van der Waals surface area contributed by atoms with Crippen molar-refractivity contribution in [3.05, 3.63) is 45.6 Å². The minimum Gasteiger partial charge on any atom is -0.511 e. The highest BCUT2D eigenvalue weighted by molar-refractivity contribution is 9.10. The van der Waals surface area contributed by atoms with Crippen molar-refractivity contribution in [3.63, 3.8) is 0 Å². The lowest BCUT2D eigenvalue weighted by molar-refractivity contribution is -0.127. The molecule has 1 aromatic rings. The number of likely N-dealkylation sites (N-methyl/N-ethyl adjacent to an activating group) is 1. The molecule has 0 spiro atoms. The maximum Gasteiger partial charge on any atom is 0.254 e.